The Kier molecular flexibility index (Phi) is 3.93. The molecule has 0 fully saturated rings. The van der Waals surface area contributed by atoms with E-state index in [1.165, 1.54) is 18.5 Å². The first kappa shape index (κ1) is 12.1. The molecule has 0 amide bonds. The second-order valence-electron chi connectivity index (χ2n) is 3.73. The Bertz CT molecular complexity index is 513. The van der Waals surface area contributed by atoms with Crippen LogP contribution in [-0.2, 0) is 13.1 Å². The van der Waals surface area contributed by atoms with Gasteiger partial charge in [0.1, 0.15) is 6.33 Å². The Balaban J connectivity index is 1.85. The van der Waals surface area contributed by atoms with Crippen LogP contribution in [0.1, 0.15) is 11.3 Å². The Hall–Kier alpha value is -2.34. The van der Waals surface area contributed by atoms with Crippen LogP contribution >= 0.6 is 0 Å². The summed E-state index contributed by atoms with van der Waals surface area (Å²) in [6.45, 7) is 1.28. The smallest absolute Gasteiger partial charge is 0.269 e. The van der Waals surface area contributed by atoms with Crippen LogP contribution in [0.25, 0.3) is 0 Å². The Labute approximate surface area is 104 Å². The maximum absolute atomic E-state index is 10.5. The Morgan fingerprint density at radius 3 is 2.56 bits per heavy atom. The first-order chi connectivity index (χ1) is 8.75. The molecule has 1 heterocycles. The van der Waals surface area contributed by atoms with Gasteiger partial charge in [0.2, 0.25) is 0 Å². The summed E-state index contributed by atoms with van der Waals surface area (Å²) in [5.74, 6) is 0. The Morgan fingerprint density at radius 2 is 1.94 bits per heavy atom. The van der Waals surface area contributed by atoms with Crippen molar-refractivity contribution >= 4 is 5.69 Å². The quantitative estimate of drug-likeness (QED) is 0.639. The van der Waals surface area contributed by atoms with Crippen molar-refractivity contribution in [1.82, 2.24) is 15.3 Å². The van der Waals surface area contributed by atoms with Gasteiger partial charge in [-0.1, -0.05) is 12.1 Å². The van der Waals surface area contributed by atoms with Crippen LogP contribution in [0.15, 0.2) is 42.9 Å². The van der Waals surface area contributed by atoms with Crippen molar-refractivity contribution in [2.24, 2.45) is 0 Å². The molecule has 1 aromatic carbocycles. The number of rotatable bonds is 5. The lowest BCUT2D eigenvalue weighted by atomic mass is 10.2. The van der Waals surface area contributed by atoms with Gasteiger partial charge < -0.3 is 5.32 Å². The van der Waals surface area contributed by atoms with Gasteiger partial charge in [0.05, 0.1) is 10.6 Å². The standard InChI is InChI=1S/C12H12N4O2/c17-16(18)12-3-1-10(2-4-12)7-14-8-11-5-6-13-9-15-11/h1-6,9,14H,7-8H2. The van der Waals surface area contributed by atoms with Crippen LogP contribution in [0.3, 0.4) is 0 Å². The summed E-state index contributed by atoms with van der Waals surface area (Å²) in [6.07, 6.45) is 3.19. The fraction of sp³-hybridized carbons (Fsp3) is 0.167. The van der Waals surface area contributed by atoms with Crippen molar-refractivity contribution in [3.05, 3.63) is 64.2 Å². The van der Waals surface area contributed by atoms with Gasteiger partial charge in [-0.25, -0.2) is 9.97 Å². The second kappa shape index (κ2) is 5.83. The lowest BCUT2D eigenvalue weighted by molar-refractivity contribution is -0.384. The number of nitrogens with one attached hydrogen (secondary N) is 1. The lowest BCUT2D eigenvalue weighted by Crippen LogP contribution is -2.13. The van der Waals surface area contributed by atoms with Crippen molar-refractivity contribution < 1.29 is 4.92 Å². The molecule has 92 valence electrons. The van der Waals surface area contributed by atoms with Gasteiger partial charge in [0.15, 0.2) is 0 Å². The molecule has 6 heteroatoms. The largest absolute Gasteiger partial charge is 0.307 e. The maximum Gasteiger partial charge on any atom is 0.269 e. The minimum Gasteiger partial charge on any atom is -0.307 e. The molecule has 0 saturated carbocycles. The highest BCUT2D eigenvalue weighted by atomic mass is 16.6. The van der Waals surface area contributed by atoms with E-state index in [4.69, 9.17) is 0 Å². The molecule has 2 aromatic rings. The van der Waals surface area contributed by atoms with Crippen LogP contribution in [0.5, 0.6) is 0 Å². The predicted octanol–water partition coefficient (Wildman–Crippen LogP) is 1.67. The molecular weight excluding hydrogens is 232 g/mol. The number of hydrogen-bond donors (Lipinski definition) is 1. The van der Waals surface area contributed by atoms with E-state index in [0.29, 0.717) is 13.1 Å². The zero-order valence-electron chi connectivity index (χ0n) is 9.61. The van der Waals surface area contributed by atoms with Crippen molar-refractivity contribution in [2.45, 2.75) is 13.1 Å². The third-order valence-corrected chi connectivity index (χ3v) is 2.43. The van der Waals surface area contributed by atoms with Gasteiger partial charge in [0, 0.05) is 31.4 Å². The molecule has 1 N–H and O–H groups in total. The Morgan fingerprint density at radius 1 is 1.17 bits per heavy atom. The molecule has 0 atom stereocenters. The van der Waals surface area contributed by atoms with Gasteiger partial charge in [0.25, 0.3) is 5.69 Å². The van der Waals surface area contributed by atoms with Crippen molar-refractivity contribution in [3.8, 4) is 0 Å². The first-order valence-electron chi connectivity index (χ1n) is 5.44. The second-order valence-corrected chi connectivity index (χ2v) is 3.73. The van der Waals surface area contributed by atoms with E-state index in [9.17, 15) is 10.1 Å². The number of nitro benzene ring substituents is 1. The summed E-state index contributed by atoms with van der Waals surface area (Å²) >= 11 is 0. The fourth-order valence-electron chi connectivity index (χ4n) is 1.49. The van der Waals surface area contributed by atoms with Crippen LogP contribution in [0, 0.1) is 10.1 Å². The van der Waals surface area contributed by atoms with E-state index in [2.05, 4.69) is 15.3 Å². The molecule has 1 aromatic heterocycles. The van der Waals surface area contributed by atoms with Crippen LogP contribution in [0.2, 0.25) is 0 Å². The molecule has 0 aliphatic rings. The van der Waals surface area contributed by atoms with Crippen molar-refractivity contribution in [3.63, 3.8) is 0 Å². The van der Waals surface area contributed by atoms with Crippen molar-refractivity contribution in [1.29, 1.82) is 0 Å². The molecule has 0 saturated heterocycles. The number of nitrogens with zero attached hydrogens (tertiary/aromatic N) is 3. The van der Waals surface area contributed by atoms with Crippen LogP contribution < -0.4 is 5.32 Å². The van der Waals surface area contributed by atoms with E-state index in [0.717, 1.165) is 11.3 Å². The maximum atomic E-state index is 10.5. The minimum absolute atomic E-state index is 0.106. The van der Waals surface area contributed by atoms with Gasteiger partial charge in [-0.3, -0.25) is 10.1 Å². The molecule has 0 radical (unpaired) electrons. The average molecular weight is 244 g/mol. The van der Waals surface area contributed by atoms with E-state index in [1.54, 1.807) is 18.3 Å². The summed E-state index contributed by atoms with van der Waals surface area (Å²) in [5, 5.41) is 13.7. The van der Waals surface area contributed by atoms with Crippen molar-refractivity contribution in [2.75, 3.05) is 0 Å². The van der Waals surface area contributed by atoms with Crippen LogP contribution in [-0.4, -0.2) is 14.9 Å². The molecule has 0 bridgehead atoms. The summed E-state index contributed by atoms with van der Waals surface area (Å²) in [7, 11) is 0. The summed E-state index contributed by atoms with van der Waals surface area (Å²) < 4.78 is 0. The lowest BCUT2D eigenvalue weighted by Gasteiger charge is -2.03. The zero-order chi connectivity index (χ0) is 12.8. The fourth-order valence-corrected chi connectivity index (χ4v) is 1.49. The first-order valence-corrected chi connectivity index (χ1v) is 5.44. The summed E-state index contributed by atoms with van der Waals surface area (Å²) in [4.78, 5) is 18.0. The number of benzene rings is 1. The molecule has 2 rings (SSSR count). The number of non-ortho nitro benzene ring substituents is 1. The highest BCUT2D eigenvalue weighted by molar-refractivity contribution is 5.32. The normalized spacial score (nSPS) is 10.2. The third kappa shape index (κ3) is 3.33. The monoisotopic (exact) mass is 244 g/mol. The molecular formula is C12H12N4O2. The minimum atomic E-state index is -0.405. The molecule has 0 aliphatic heterocycles. The van der Waals surface area contributed by atoms with E-state index >= 15 is 0 Å². The van der Waals surface area contributed by atoms with E-state index < -0.39 is 4.92 Å². The van der Waals surface area contributed by atoms with Gasteiger partial charge in [-0.2, -0.15) is 0 Å². The molecule has 0 aliphatic carbocycles. The number of aromatic nitrogens is 2. The number of hydrogen-bond acceptors (Lipinski definition) is 5. The average Bonchev–Trinajstić information content (AvgIpc) is 2.40. The molecule has 0 spiro atoms. The SMILES string of the molecule is O=[N+]([O-])c1ccc(CNCc2ccncn2)cc1. The molecule has 6 nitrogen and oxygen atoms in total. The third-order valence-electron chi connectivity index (χ3n) is 2.43. The van der Waals surface area contributed by atoms with Gasteiger partial charge >= 0.3 is 0 Å². The predicted molar refractivity (Wildman–Crippen MR) is 65.7 cm³/mol. The van der Waals surface area contributed by atoms with Gasteiger partial charge in [-0.15, -0.1) is 0 Å². The summed E-state index contributed by atoms with van der Waals surface area (Å²) in [5.41, 5.74) is 2.01. The number of nitro groups is 1. The van der Waals surface area contributed by atoms with Crippen LogP contribution in [0.4, 0.5) is 5.69 Å². The van der Waals surface area contributed by atoms with Gasteiger partial charge in [-0.05, 0) is 11.6 Å². The topological polar surface area (TPSA) is 81.0 Å². The molecule has 18 heavy (non-hydrogen) atoms. The van der Waals surface area contributed by atoms with E-state index in [1.807, 2.05) is 6.07 Å². The zero-order valence-corrected chi connectivity index (χ0v) is 9.61. The highest BCUT2D eigenvalue weighted by Crippen LogP contribution is 2.11. The summed E-state index contributed by atoms with van der Waals surface area (Å²) in [6, 6.07) is 8.32. The molecule has 0 unspecified atom stereocenters. The highest BCUT2D eigenvalue weighted by Gasteiger charge is 2.03. The van der Waals surface area contributed by atoms with E-state index in [-0.39, 0.29) is 5.69 Å².